The highest BCUT2D eigenvalue weighted by Gasteiger charge is 2.38. The van der Waals surface area contributed by atoms with Crippen LogP contribution in [0.3, 0.4) is 0 Å². The Morgan fingerprint density at radius 2 is 2.00 bits per heavy atom. The number of hydrogen-bond donors (Lipinski definition) is 0. The van der Waals surface area contributed by atoms with Crippen LogP contribution in [0.1, 0.15) is 16.8 Å². The Kier molecular flexibility index (Phi) is 4.37. The maximum atomic E-state index is 12.9. The van der Waals surface area contributed by atoms with Gasteiger partial charge in [0.2, 0.25) is 0 Å². The third kappa shape index (κ3) is 2.84. The lowest BCUT2D eigenvalue weighted by molar-refractivity contribution is 0.432. The van der Waals surface area contributed by atoms with Crippen molar-refractivity contribution in [3.05, 3.63) is 46.3 Å². The number of imidazole rings is 1. The van der Waals surface area contributed by atoms with Gasteiger partial charge in [-0.3, -0.25) is 0 Å². The standard InChI is InChI=1S/C14H16BrN3O2S2/c1-10-16-13(9-17(10)2)22(19,20)18-7-8-21-14(18)11-3-5-12(15)6-4-11/h3-6,9,14H,7-8H2,1-2H3. The molecule has 0 N–H and O–H groups in total. The minimum atomic E-state index is -3.58. The Bertz CT molecular complexity index is 767. The molecule has 8 heteroatoms. The van der Waals surface area contributed by atoms with Crippen LogP contribution < -0.4 is 0 Å². The molecule has 1 atom stereocenters. The van der Waals surface area contributed by atoms with Gasteiger partial charge >= 0.3 is 0 Å². The number of hydrogen-bond acceptors (Lipinski definition) is 4. The van der Waals surface area contributed by atoms with Gasteiger partial charge in [-0.1, -0.05) is 28.1 Å². The summed E-state index contributed by atoms with van der Waals surface area (Å²) in [6, 6.07) is 7.78. The average Bonchev–Trinajstić information content (AvgIpc) is 3.08. The molecule has 1 aromatic carbocycles. The van der Waals surface area contributed by atoms with Crippen LogP contribution in [-0.4, -0.2) is 34.6 Å². The number of thioether (sulfide) groups is 1. The van der Waals surface area contributed by atoms with E-state index in [1.807, 2.05) is 24.3 Å². The molecule has 1 saturated heterocycles. The predicted octanol–water partition coefficient (Wildman–Crippen LogP) is 2.93. The van der Waals surface area contributed by atoms with Crippen molar-refractivity contribution in [1.29, 1.82) is 0 Å². The number of benzene rings is 1. The van der Waals surface area contributed by atoms with Gasteiger partial charge in [-0.05, 0) is 24.6 Å². The summed E-state index contributed by atoms with van der Waals surface area (Å²) >= 11 is 5.04. The summed E-state index contributed by atoms with van der Waals surface area (Å²) in [4.78, 5) is 4.19. The van der Waals surface area contributed by atoms with Crippen LogP contribution in [0.25, 0.3) is 0 Å². The highest BCUT2D eigenvalue weighted by Crippen LogP contribution is 2.41. The molecule has 1 aliphatic heterocycles. The van der Waals surface area contributed by atoms with Crippen LogP contribution in [0.15, 0.2) is 40.0 Å². The summed E-state index contributed by atoms with van der Waals surface area (Å²) in [5.41, 5.74) is 0.988. The van der Waals surface area contributed by atoms with Crippen molar-refractivity contribution >= 4 is 37.7 Å². The van der Waals surface area contributed by atoms with E-state index in [0.717, 1.165) is 15.8 Å². The Balaban J connectivity index is 1.97. The van der Waals surface area contributed by atoms with Crippen LogP contribution in [0.2, 0.25) is 0 Å². The molecule has 2 aromatic rings. The molecule has 1 aromatic heterocycles. The van der Waals surface area contributed by atoms with Crippen molar-refractivity contribution in [1.82, 2.24) is 13.9 Å². The lowest BCUT2D eigenvalue weighted by Gasteiger charge is -2.22. The van der Waals surface area contributed by atoms with Crippen molar-refractivity contribution in [3.63, 3.8) is 0 Å². The van der Waals surface area contributed by atoms with E-state index >= 15 is 0 Å². The molecule has 1 fully saturated rings. The van der Waals surface area contributed by atoms with Gasteiger partial charge in [-0.25, -0.2) is 13.4 Å². The quantitative estimate of drug-likeness (QED) is 0.792. The smallest absolute Gasteiger partial charge is 0.263 e. The van der Waals surface area contributed by atoms with E-state index in [0.29, 0.717) is 12.4 Å². The van der Waals surface area contributed by atoms with Crippen LogP contribution in [0, 0.1) is 6.92 Å². The molecule has 0 bridgehead atoms. The number of aryl methyl sites for hydroxylation is 2. The maximum absolute atomic E-state index is 12.9. The first-order valence-electron chi connectivity index (χ1n) is 6.78. The molecule has 22 heavy (non-hydrogen) atoms. The van der Waals surface area contributed by atoms with Gasteiger partial charge in [0.25, 0.3) is 10.0 Å². The number of nitrogens with zero attached hydrogens (tertiary/aromatic N) is 3. The van der Waals surface area contributed by atoms with Gasteiger partial charge in [0, 0.05) is 30.0 Å². The molecule has 1 unspecified atom stereocenters. The monoisotopic (exact) mass is 401 g/mol. The highest BCUT2D eigenvalue weighted by atomic mass is 79.9. The normalized spacial score (nSPS) is 19.7. The summed E-state index contributed by atoms with van der Waals surface area (Å²) in [7, 11) is -1.78. The van der Waals surface area contributed by atoms with Crippen LogP contribution in [-0.2, 0) is 17.1 Å². The molecule has 0 aliphatic carbocycles. The van der Waals surface area contributed by atoms with Crippen molar-refractivity contribution < 1.29 is 8.42 Å². The first kappa shape index (κ1) is 16.0. The second kappa shape index (κ2) is 5.99. The fraction of sp³-hybridized carbons (Fsp3) is 0.357. The minimum absolute atomic E-state index is 0.122. The van der Waals surface area contributed by atoms with E-state index in [4.69, 9.17) is 0 Å². The van der Waals surface area contributed by atoms with Crippen LogP contribution in [0.5, 0.6) is 0 Å². The number of sulfonamides is 1. The predicted molar refractivity (Wildman–Crippen MR) is 91.2 cm³/mol. The van der Waals surface area contributed by atoms with Crippen molar-refractivity contribution in [2.24, 2.45) is 7.05 Å². The number of aromatic nitrogens is 2. The topological polar surface area (TPSA) is 55.2 Å². The molecule has 0 spiro atoms. The molecule has 0 amide bonds. The lowest BCUT2D eigenvalue weighted by atomic mass is 10.2. The summed E-state index contributed by atoms with van der Waals surface area (Å²) < 4.78 is 30.0. The molecular formula is C14H16BrN3O2S2. The van der Waals surface area contributed by atoms with E-state index in [9.17, 15) is 8.42 Å². The Labute approximate surface area is 142 Å². The summed E-state index contributed by atoms with van der Waals surface area (Å²) in [5, 5.41) is -0.0717. The lowest BCUT2D eigenvalue weighted by Crippen LogP contribution is -2.30. The summed E-state index contributed by atoms with van der Waals surface area (Å²) in [5.74, 6) is 1.47. The molecule has 118 valence electrons. The highest BCUT2D eigenvalue weighted by molar-refractivity contribution is 9.10. The van der Waals surface area contributed by atoms with Crippen LogP contribution in [0.4, 0.5) is 0 Å². The zero-order valence-electron chi connectivity index (χ0n) is 12.2. The first-order valence-corrected chi connectivity index (χ1v) is 10.1. The SMILES string of the molecule is Cc1nc(S(=O)(=O)N2CCSC2c2ccc(Br)cc2)cn1C. The van der Waals surface area contributed by atoms with Gasteiger partial charge in [0.05, 0.1) is 5.37 Å². The fourth-order valence-electron chi connectivity index (χ4n) is 2.36. The molecule has 0 saturated carbocycles. The first-order chi connectivity index (χ1) is 10.4. The van der Waals surface area contributed by atoms with E-state index in [-0.39, 0.29) is 10.4 Å². The van der Waals surface area contributed by atoms with E-state index in [1.54, 1.807) is 40.8 Å². The maximum Gasteiger partial charge on any atom is 0.263 e. The zero-order valence-corrected chi connectivity index (χ0v) is 15.4. The Morgan fingerprint density at radius 3 is 2.59 bits per heavy atom. The van der Waals surface area contributed by atoms with Gasteiger partial charge in [0.15, 0.2) is 5.03 Å². The largest absolute Gasteiger partial charge is 0.337 e. The second-order valence-corrected chi connectivity index (χ2v) is 9.07. The zero-order chi connectivity index (χ0) is 15.9. The van der Waals surface area contributed by atoms with E-state index in [1.165, 1.54) is 0 Å². The number of halogens is 1. The molecule has 5 nitrogen and oxygen atoms in total. The van der Waals surface area contributed by atoms with Gasteiger partial charge in [-0.15, -0.1) is 11.8 Å². The van der Waals surface area contributed by atoms with Gasteiger partial charge in [0.1, 0.15) is 5.82 Å². The average molecular weight is 402 g/mol. The Hall–Kier alpha value is -0.830. The van der Waals surface area contributed by atoms with Gasteiger partial charge < -0.3 is 4.57 Å². The third-order valence-corrected chi connectivity index (χ3v) is 7.32. The van der Waals surface area contributed by atoms with E-state index < -0.39 is 10.0 Å². The number of rotatable bonds is 3. The molecule has 0 radical (unpaired) electrons. The molecule has 1 aliphatic rings. The fourth-order valence-corrected chi connectivity index (χ4v) is 5.90. The van der Waals surface area contributed by atoms with Crippen molar-refractivity contribution in [2.75, 3.05) is 12.3 Å². The summed E-state index contributed by atoms with van der Waals surface area (Å²) in [6.45, 7) is 2.30. The third-order valence-electron chi connectivity index (χ3n) is 3.66. The second-order valence-electron chi connectivity index (χ2n) is 5.13. The van der Waals surface area contributed by atoms with E-state index in [2.05, 4.69) is 20.9 Å². The van der Waals surface area contributed by atoms with Crippen molar-refractivity contribution in [3.8, 4) is 0 Å². The molecule has 3 rings (SSSR count). The van der Waals surface area contributed by atoms with Crippen molar-refractivity contribution in [2.45, 2.75) is 17.3 Å². The molecule has 2 heterocycles. The van der Waals surface area contributed by atoms with Gasteiger partial charge in [-0.2, -0.15) is 4.31 Å². The summed E-state index contributed by atoms with van der Waals surface area (Å²) in [6.07, 6.45) is 1.58. The molecular weight excluding hydrogens is 386 g/mol. The van der Waals surface area contributed by atoms with Crippen LogP contribution >= 0.6 is 27.7 Å². The Morgan fingerprint density at radius 1 is 1.32 bits per heavy atom. The minimum Gasteiger partial charge on any atom is -0.337 e.